The molecule has 0 aliphatic carbocycles. The zero-order chi connectivity index (χ0) is 16.9. The Balaban J connectivity index is 1.76. The fourth-order valence-corrected chi connectivity index (χ4v) is 3.84. The Labute approximate surface area is 150 Å². The lowest BCUT2D eigenvalue weighted by atomic mass is 10.0. The summed E-state index contributed by atoms with van der Waals surface area (Å²) >= 11 is 7.76. The van der Waals surface area contributed by atoms with Crippen LogP contribution < -0.4 is 5.32 Å². The van der Waals surface area contributed by atoms with Crippen molar-refractivity contribution in [3.63, 3.8) is 0 Å². The molecule has 0 radical (unpaired) electrons. The van der Waals surface area contributed by atoms with Gasteiger partial charge in [0.05, 0.1) is 30.5 Å². The molecule has 1 atom stereocenters. The summed E-state index contributed by atoms with van der Waals surface area (Å²) in [5, 5.41) is 3.76. The number of carbonyl (C=O) groups is 1. The number of carbonyl (C=O) groups excluding carboxylic acids is 1. The Morgan fingerprint density at radius 2 is 2.17 bits per heavy atom. The number of hydrogen-bond acceptors (Lipinski definition) is 5. The minimum absolute atomic E-state index is 0.0276. The first kappa shape index (κ1) is 17.4. The Bertz CT molecular complexity index is 701. The van der Waals surface area contributed by atoms with Gasteiger partial charge in [0, 0.05) is 24.7 Å². The summed E-state index contributed by atoms with van der Waals surface area (Å²) in [6.45, 7) is 5.39. The lowest BCUT2D eigenvalue weighted by molar-refractivity contribution is 0.0162. The highest BCUT2D eigenvalue weighted by molar-refractivity contribution is 7.11. The van der Waals surface area contributed by atoms with Crippen molar-refractivity contribution < 1.29 is 9.53 Å². The van der Waals surface area contributed by atoms with Crippen LogP contribution in [0.25, 0.3) is 0 Å². The third kappa shape index (κ3) is 3.95. The lowest BCUT2D eigenvalue weighted by Gasteiger charge is -2.35. The summed E-state index contributed by atoms with van der Waals surface area (Å²) in [5.74, 6) is -0.0830. The summed E-state index contributed by atoms with van der Waals surface area (Å²) < 4.78 is 5.45. The minimum Gasteiger partial charge on any atom is -0.379 e. The average Bonchev–Trinajstić information content (AvgIpc) is 3.03. The Kier molecular flexibility index (Phi) is 5.84. The van der Waals surface area contributed by atoms with E-state index in [1.165, 1.54) is 11.3 Å². The van der Waals surface area contributed by atoms with Crippen LogP contribution in [-0.4, -0.2) is 48.6 Å². The van der Waals surface area contributed by atoms with Crippen LogP contribution in [0.15, 0.2) is 29.8 Å². The maximum absolute atomic E-state index is 12.4. The van der Waals surface area contributed by atoms with E-state index in [1.54, 1.807) is 5.51 Å². The van der Waals surface area contributed by atoms with Crippen LogP contribution >= 0.6 is 22.9 Å². The standard InChI is InChI=1S/C17H20ClN3O2S/c1-12-16(24-11-20-12)17(22)19-10-15(21-6-8-23-9-7-21)13-4-2-3-5-14(13)18/h2-5,11,15H,6-10H2,1H3,(H,19,22). The van der Waals surface area contributed by atoms with Gasteiger partial charge in [-0.25, -0.2) is 4.98 Å². The molecule has 1 saturated heterocycles. The molecular formula is C17H20ClN3O2S. The summed E-state index contributed by atoms with van der Waals surface area (Å²) in [7, 11) is 0. The van der Waals surface area contributed by atoms with Gasteiger partial charge >= 0.3 is 0 Å². The predicted octanol–water partition coefficient (Wildman–Crippen LogP) is 2.91. The van der Waals surface area contributed by atoms with Gasteiger partial charge in [0.1, 0.15) is 4.88 Å². The highest BCUT2D eigenvalue weighted by Gasteiger charge is 2.25. The van der Waals surface area contributed by atoms with Gasteiger partial charge in [0.25, 0.3) is 5.91 Å². The van der Waals surface area contributed by atoms with E-state index in [0.717, 1.165) is 29.4 Å². The number of nitrogens with zero attached hydrogens (tertiary/aromatic N) is 2. The predicted molar refractivity (Wildman–Crippen MR) is 95.8 cm³/mol. The van der Waals surface area contributed by atoms with Crippen molar-refractivity contribution in [1.29, 1.82) is 0 Å². The molecular weight excluding hydrogens is 346 g/mol. The largest absolute Gasteiger partial charge is 0.379 e. The SMILES string of the molecule is Cc1ncsc1C(=O)NCC(c1ccccc1Cl)N1CCOCC1. The number of rotatable bonds is 5. The molecule has 1 fully saturated rings. The Morgan fingerprint density at radius 1 is 1.42 bits per heavy atom. The second kappa shape index (κ2) is 8.07. The fourth-order valence-electron chi connectivity index (χ4n) is 2.86. The van der Waals surface area contributed by atoms with E-state index in [9.17, 15) is 4.79 Å². The van der Waals surface area contributed by atoms with Gasteiger partial charge in [-0.05, 0) is 18.6 Å². The molecule has 1 aliphatic rings. The first-order chi connectivity index (χ1) is 11.7. The summed E-state index contributed by atoms with van der Waals surface area (Å²) in [4.78, 5) is 19.5. The molecule has 24 heavy (non-hydrogen) atoms. The summed E-state index contributed by atoms with van der Waals surface area (Å²) in [5.41, 5.74) is 3.48. The van der Waals surface area contributed by atoms with Crippen LogP contribution in [0.2, 0.25) is 5.02 Å². The van der Waals surface area contributed by atoms with Crippen molar-refractivity contribution in [2.24, 2.45) is 0 Å². The maximum atomic E-state index is 12.4. The molecule has 2 aromatic rings. The monoisotopic (exact) mass is 365 g/mol. The van der Waals surface area contributed by atoms with Crippen LogP contribution in [0, 0.1) is 6.92 Å². The van der Waals surface area contributed by atoms with E-state index >= 15 is 0 Å². The molecule has 0 spiro atoms. The second-order valence-electron chi connectivity index (χ2n) is 5.66. The number of benzene rings is 1. The number of thiazole rings is 1. The normalized spacial score (nSPS) is 16.8. The van der Waals surface area contributed by atoms with Crippen LogP contribution in [0.3, 0.4) is 0 Å². The molecule has 1 aromatic carbocycles. The van der Waals surface area contributed by atoms with Crippen LogP contribution in [0.5, 0.6) is 0 Å². The molecule has 1 aliphatic heterocycles. The van der Waals surface area contributed by atoms with Gasteiger partial charge in [-0.2, -0.15) is 0 Å². The van der Waals surface area contributed by atoms with Crippen molar-refractivity contribution in [2.75, 3.05) is 32.8 Å². The van der Waals surface area contributed by atoms with Crippen LogP contribution in [-0.2, 0) is 4.74 Å². The fraction of sp³-hybridized carbons (Fsp3) is 0.412. The molecule has 128 valence electrons. The summed E-state index contributed by atoms with van der Waals surface area (Å²) in [6.07, 6.45) is 0. The first-order valence-electron chi connectivity index (χ1n) is 7.91. The number of amides is 1. The topological polar surface area (TPSA) is 54.5 Å². The van der Waals surface area contributed by atoms with E-state index in [4.69, 9.17) is 16.3 Å². The molecule has 3 rings (SSSR count). The first-order valence-corrected chi connectivity index (χ1v) is 9.17. The number of morpholine rings is 1. The van der Waals surface area contributed by atoms with Gasteiger partial charge in [0.15, 0.2) is 0 Å². The number of nitrogens with one attached hydrogen (secondary N) is 1. The second-order valence-corrected chi connectivity index (χ2v) is 6.92. The highest BCUT2D eigenvalue weighted by Crippen LogP contribution is 2.28. The third-order valence-corrected chi connectivity index (χ3v) is 5.43. The molecule has 0 bridgehead atoms. The van der Waals surface area contributed by atoms with Crippen molar-refractivity contribution >= 4 is 28.8 Å². The number of hydrogen-bond donors (Lipinski definition) is 1. The molecule has 1 amide bonds. The molecule has 1 N–H and O–H groups in total. The average molecular weight is 366 g/mol. The van der Waals surface area contributed by atoms with E-state index in [0.29, 0.717) is 24.6 Å². The zero-order valence-corrected chi connectivity index (χ0v) is 15.1. The molecule has 1 unspecified atom stereocenters. The maximum Gasteiger partial charge on any atom is 0.263 e. The van der Waals surface area contributed by atoms with Gasteiger partial charge in [-0.1, -0.05) is 29.8 Å². The lowest BCUT2D eigenvalue weighted by Crippen LogP contribution is -2.43. The minimum atomic E-state index is -0.0830. The third-order valence-electron chi connectivity index (χ3n) is 4.16. The van der Waals surface area contributed by atoms with Crippen LogP contribution in [0.4, 0.5) is 0 Å². The van der Waals surface area contributed by atoms with E-state index in [1.807, 2.05) is 31.2 Å². The molecule has 0 saturated carbocycles. The Hall–Kier alpha value is -1.47. The molecule has 2 heterocycles. The number of aryl methyl sites for hydroxylation is 1. The van der Waals surface area contributed by atoms with E-state index in [-0.39, 0.29) is 11.9 Å². The van der Waals surface area contributed by atoms with E-state index in [2.05, 4.69) is 15.2 Å². The van der Waals surface area contributed by atoms with Gasteiger partial charge in [-0.3, -0.25) is 9.69 Å². The van der Waals surface area contributed by atoms with Crippen LogP contribution in [0.1, 0.15) is 27.0 Å². The Morgan fingerprint density at radius 3 is 2.83 bits per heavy atom. The van der Waals surface area contributed by atoms with Crippen molar-refractivity contribution in [3.8, 4) is 0 Å². The zero-order valence-electron chi connectivity index (χ0n) is 13.5. The summed E-state index contributed by atoms with van der Waals surface area (Å²) in [6, 6.07) is 7.83. The number of halogens is 1. The highest BCUT2D eigenvalue weighted by atomic mass is 35.5. The van der Waals surface area contributed by atoms with Crippen molar-refractivity contribution in [3.05, 3.63) is 50.9 Å². The molecule has 7 heteroatoms. The van der Waals surface area contributed by atoms with Gasteiger partial charge in [-0.15, -0.1) is 11.3 Å². The molecule has 5 nitrogen and oxygen atoms in total. The van der Waals surface area contributed by atoms with E-state index < -0.39 is 0 Å². The number of aromatic nitrogens is 1. The quantitative estimate of drug-likeness (QED) is 0.885. The number of ether oxygens (including phenoxy) is 1. The van der Waals surface area contributed by atoms with Gasteiger partial charge < -0.3 is 10.1 Å². The smallest absolute Gasteiger partial charge is 0.263 e. The van der Waals surface area contributed by atoms with Crippen molar-refractivity contribution in [1.82, 2.24) is 15.2 Å². The van der Waals surface area contributed by atoms with Gasteiger partial charge in [0.2, 0.25) is 0 Å². The molecule has 1 aromatic heterocycles. The van der Waals surface area contributed by atoms with Crippen molar-refractivity contribution in [2.45, 2.75) is 13.0 Å².